The molecule has 1 atom stereocenters. The van der Waals surface area contributed by atoms with Crippen LogP contribution in [-0.2, 0) is 9.53 Å². The standard InChI is InChI=1S/C15H24ClN3O2/c1-10(2)21-8-7-19(4)11(3)15(20)18-14-6-5-12(17)9-13(14)16/h5-6,9-11H,7-8,17H2,1-4H3,(H,18,20). The highest BCUT2D eigenvalue weighted by Gasteiger charge is 2.18. The van der Waals surface area contributed by atoms with Crippen molar-refractivity contribution in [3.63, 3.8) is 0 Å². The van der Waals surface area contributed by atoms with Gasteiger partial charge in [-0.2, -0.15) is 0 Å². The van der Waals surface area contributed by atoms with Crippen molar-refractivity contribution in [1.82, 2.24) is 4.90 Å². The van der Waals surface area contributed by atoms with E-state index in [9.17, 15) is 4.79 Å². The number of rotatable bonds is 7. The van der Waals surface area contributed by atoms with E-state index in [2.05, 4.69) is 5.32 Å². The van der Waals surface area contributed by atoms with Crippen molar-refractivity contribution in [1.29, 1.82) is 0 Å². The molecule has 3 N–H and O–H groups in total. The molecule has 0 radical (unpaired) electrons. The third kappa shape index (κ3) is 5.91. The number of nitrogens with zero attached hydrogens (tertiary/aromatic N) is 1. The molecule has 118 valence electrons. The van der Waals surface area contributed by atoms with Gasteiger partial charge >= 0.3 is 0 Å². The molecular weight excluding hydrogens is 290 g/mol. The molecule has 0 heterocycles. The van der Waals surface area contributed by atoms with E-state index in [1.165, 1.54) is 0 Å². The molecule has 0 saturated carbocycles. The van der Waals surface area contributed by atoms with E-state index < -0.39 is 0 Å². The predicted molar refractivity (Wildman–Crippen MR) is 87.7 cm³/mol. The van der Waals surface area contributed by atoms with Gasteiger partial charge in [-0.1, -0.05) is 11.6 Å². The average molecular weight is 314 g/mol. The first-order valence-corrected chi connectivity index (χ1v) is 7.36. The number of nitrogens with two attached hydrogens (primary N) is 1. The molecule has 0 aliphatic rings. The molecule has 6 heteroatoms. The number of amides is 1. The number of halogens is 1. The van der Waals surface area contributed by atoms with Crippen molar-refractivity contribution in [2.45, 2.75) is 32.9 Å². The number of hydrogen-bond donors (Lipinski definition) is 2. The van der Waals surface area contributed by atoms with Crippen molar-refractivity contribution in [2.24, 2.45) is 0 Å². The third-order valence-electron chi connectivity index (χ3n) is 3.19. The predicted octanol–water partition coefficient (Wildman–Crippen LogP) is 2.61. The molecule has 1 aromatic carbocycles. The van der Waals surface area contributed by atoms with Gasteiger partial charge in [0.2, 0.25) is 5.91 Å². The number of nitrogens with one attached hydrogen (secondary N) is 1. The van der Waals surface area contributed by atoms with Crippen LogP contribution in [0.4, 0.5) is 11.4 Å². The van der Waals surface area contributed by atoms with E-state index >= 15 is 0 Å². The monoisotopic (exact) mass is 313 g/mol. The largest absolute Gasteiger partial charge is 0.399 e. The molecule has 0 fully saturated rings. The maximum absolute atomic E-state index is 12.2. The maximum atomic E-state index is 12.2. The Morgan fingerprint density at radius 1 is 1.43 bits per heavy atom. The minimum absolute atomic E-state index is 0.117. The van der Waals surface area contributed by atoms with Crippen molar-refractivity contribution >= 4 is 28.9 Å². The molecule has 5 nitrogen and oxygen atoms in total. The SMILES string of the molecule is CC(C)OCCN(C)C(C)C(=O)Nc1ccc(N)cc1Cl. The Hall–Kier alpha value is -1.30. The minimum atomic E-state index is -0.283. The maximum Gasteiger partial charge on any atom is 0.241 e. The molecule has 0 spiro atoms. The number of carbonyl (C=O) groups is 1. The van der Waals surface area contributed by atoms with Crippen LogP contribution in [0, 0.1) is 0 Å². The fourth-order valence-corrected chi connectivity index (χ4v) is 1.93. The van der Waals surface area contributed by atoms with Crippen LogP contribution >= 0.6 is 11.6 Å². The number of likely N-dealkylation sites (N-methyl/N-ethyl adjacent to an activating group) is 1. The lowest BCUT2D eigenvalue weighted by atomic mass is 10.2. The Balaban J connectivity index is 2.53. The van der Waals surface area contributed by atoms with Gasteiger partial charge in [0.05, 0.1) is 29.5 Å². The topological polar surface area (TPSA) is 67.6 Å². The summed E-state index contributed by atoms with van der Waals surface area (Å²) in [6.07, 6.45) is 0.191. The fourth-order valence-electron chi connectivity index (χ4n) is 1.70. The second-order valence-electron chi connectivity index (χ2n) is 5.30. The Kier molecular flexibility index (Phi) is 6.95. The quantitative estimate of drug-likeness (QED) is 0.759. The molecule has 0 aromatic heterocycles. The van der Waals surface area contributed by atoms with Gasteiger partial charge in [0, 0.05) is 12.2 Å². The molecular formula is C15H24ClN3O2. The van der Waals surface area contributed by atoms with E-state index in [1.54, 1.807) is 18.2 Å². The van der Waals surface area contributed by atoms with Crippen molar-refractivity contribution in [3.8, 4) is 0 Å². The molecule has 1 unspecified atom stereocenters. The summed E-state index contributed by atoms with van der Waals surface area (Å²) in [7, 11) is 1.89. The first kappa shape index (κ1) is 17.8. The van der Waals surface area contributed by atoms with Gasteiger partial charge in [0.15, 0.2) is 0 Å². The Morgan fingerprint density at radius 2 is 2.10 bits per heavy atom. The molecule has 1 amide bonds. The van der Waals surface area contributed by atoms with Gasteiger partial charge in [-0.25, -0.2) is 0 Å². The van der Waals surface area contributed by atoms with Crippen LogP contribution in [0.2, 0.25) is 5.02 Å². The van der Waals surface area contributed by atoms with Gasteiger partial charge in [-0.05, 0) is 46.0 Å². The van der Waals surface area contributed by atoms with Crippen LogP contribution in [0.15, 0.2) is 18.2 Å². The first-order valence-electron chi connectivity index (χ1n) is 6.99. The van der Waals surface area contributed by atoms with Crippen LogP contribution in [0.25, 0.3) is 0 Å². The zero-order chi connectivity index (χ0) is 16.0. The fraction of sp³-hybridized carbons (Fsp3) is 0.533. The number of benzene rings is 1. The zero-order valence-electron chi connectivity index (χ0n) is 13.0. The minimum Gasteiger partial charge on any atom is -0.399 e. The van der Waals surface area contributed by atoms with E-state index in [0.29, 0.717) is 29.5 Å². The number of nitrogen functional groups attached to an aromatic ring is 1. The molecule has 1 rings (SSSR count). The van der Waals surface area contributed by atoms with Gasteiger partial charge in [-0.15, -0.1) is 0 Å². The van der Waals surface area contributed by atoms with E-state index in [-0.39, 0.29) is 18.1 Å². The van der Waals surface area contributed by atoms with Crippen molar-refractivity contribution in [2.75, 3.05) is 31.2 Å². The summed E-state index contributed by atoms with van der Waals surface area (Å²) in [5, 5.41) is 3.24. The second kappa shape index (κ2) is 8.22. The van der Waals surface area contributed by atoms with Crippen molar-refractivity contribution in [3.05, 3.63) is 23.2 Å². The Labute approximate surface area is 131 Å². The highest BCUT2D eigenvalue weighted by Crippen LogP contribution is 2.24. The molecule has 0 aliphatic carbocycles. The second-order valence-corrected chi connectivity index (χ2v) is 5.71. The Bertz CT molecular complexity index is 480. The molecule has 0 aliphatic heterocycles. The van der Waals surface area contributed by atoms with Crippen LogP contribution in [0.3, 0.4) is 0 Å². The van der Waals surface area contributed by atoms with Gasteiger partial charge < -0.3 is 15.8 Å². The van der Waals surface area contributed by atoms with Crippen LogP contribution in [0.5, 0.6) is 0 Å². The number of carbonyl (C=O) groups excluding carboxylic acids is 1. The summed E-state index contributed by atoms with van der Waals surface area (Å²) in [6.45, 7) is 7.09. The van der Waals surface area contributed by atoms with E-state index in [0.717, 1.165) is 0 Å². The number of hydrogen-bond acceptors (Lipinski definition) is 4. The highest BCUT2D eigenvalue weighted by atomic mass is 35.5. The number of ether oxygens (including phenoxy) is 1. The van der Waals surface area contributed by atoms with Crippen LogP contribution < -0.4 is 11.1 Å². The number of anilines is 2. The summed E-state index contributed by atoms with van der Waals surface area (Å²) < 4.78 is 5.48. The van der Waals surface area contributed by atoms with Gasteiger partial charge in [0.25, 0.3) is 0 Å². The summed E-state index contributed by atoms with van der Waals surface area (Å²) >= 11 is 6.05. The molecule has 0 saturated heterocycles. The molecule has 0 bridgehead atoms. The lowest BCUT2D eigenvalue weighted by Gasteiger charge is -2.24. The first-order chi connectivity index (χ1) is 9.81. The lowest BCUT2D eigenvalue weighted by molar-refractivity contribution is -0.120. The normalized spacial score (nSPS) is 12.7. The van der Waals surface area contributed by atoms with E-state index in [1.807, 2.05) is 32.7 Å². The molecule has 1 aromatic rings. The van der Waals surface area contributed by atoms with Gasteiger partial charge in [-0.3, -0.25) is 9.69 Å². The average Bonchev–Trinajstić information content (AvgIpc) is 2.40. The molecule has 21 heavy (non-hydrogen) atoms. The third-order valence-corrected chi connectivity index (χ3v) is 3.50. The zero-order valence-corrected chi connectivity index (χ0v) is 13.8. The summed E-state index contributed by atoms with van der Waals surface area (Å²) in [5.41, 5.74) is 6.75. The highest BCUT2D eigenvalue weighted by molar-refractivity contribution is 6.34. The van der Waals surface area contributed by atoms with E-state index in [4.69, 9.17) is 22.1 Å². The summed E-state index contributed by atoms with van der Waals surface area (Å²) in [5.74, 6) is -0.117. The summed E-state index contributed by atoms with van der Waals surface area (Å²) in [4.78, 5) is 14.1. The Morgan fingerprint density at radius 3 is 2.67 bits per heavy atom. The van der Waals surface area contributed by atoms with Crippen LogP contribution in [-0.4, -0.2) is 43.2 Å². The lowest BCUT2D eigenvalue weighted by Crippen LogP contribution is -2.41. The van der Waals surface area contributed by atoms with Gasteiger partial charge in [0.1, 0.15) is 0 Å². The summed E-state index contributed by atoms with van der Waals surface area (Å²) in [6, 6.07) is 4.73. The smallest absolute Gasteiger partial charge is 0.241 e. The van der Waals surface area contributed by atoms with Crippen molar-refractivity contribution < 1.29 is 9.53 Å². The van der Waals surface area contributed by atoms with Crippen LogP contribution in [0.1, 0.15) is 20.8 Å².